The highest BCUT2D eigenvalue weighted by Gasteiger charge is 2.18. The second kappa shape index (κ2) is 7.49. The van der Waals surface area contributed by atoms with Crippen LogP contribution < -0.4 is 15.7 Å². The van der Waals surface area contributed by atoms with E-state index in [1.165, 1.54) is 4.57 Å². The number of para-hydroxylation sites is 2. The minimum absolute atomic E-state index is 0.271. The lowest BCUT2D eigenvalue weighted by Crippen LogP contribution is -2.31. The molecule has 1 amide bonds. The van der Waals surface area contributed by atoms with Crippen LogP contribution >= 0.6 is 11.6 Å². The van der Waals surface area contributed by atoms with Crippen molar-refractivity contribution in [1.82, 2.24) is 9.55 Å². The van der Waals surface area contributed by atoms with Crippen molar-refractivity contribution in [3.63, 3.8) is 0 Å². The van der Waals surface area contributed by atoms with Crippen molar-refractivity contribution in [3.8, 4) is 11.4 Å². The van der Waals surface area contributed by atoms with Crippen molar-refractivity contribution < 1.29 is 9.53 Å². The lowest BCUT2D eigenvalue weighted by atomic mass is 10.2. The molecule has 1 heterocycles. The summed E-state index contributed by atoms with van der Waals surface area (Å²) in [5, 5.41) is 3.35. The lowest BCUT2D eigenvalue weighted by molar-refractivity contribution is -0.122. The summed E-state index contributed by atoms with van der Waals surface area (Å²) in [5.74, 6) is 0.171. The van der Waals surface area contributed by atoms with Gasteiger partial charge < -0.3 is 15.0 Å². The van der Waals surface area contributed by atoms with Crippen LogP contribution in [0.2, 0.25) is 5.02 Å². The van der Waals surface area contributed by atoms with E-state index in [1.807, 2.05) is 0 Å². The molecule has 0 aliphatic carbocycles. The third-order valence-electron chi connectivity index (χ3n) is 3.84. The molecule has 0 saturated heterocycles. The average Bonchev–Trinajstić information content (AvgIpc) is 2.94. The number of H-pyrrole nitrogens is 1. The topological polar surface area (TPSA) is 76.1 Å². The van der Waals surface area contributed by atoms with Gasteiger partial charge in [-0.15, -0.1) is 0 Å². The van der Waals surface area contributed by atoms with Gasteiger partial charge in [0.2, 0.25) is 0 Å². The van der Waals surface area contributed by atoms with E-state index < -0.39 is 6.10 Å². The molecule has 0 spiro atoms. The summed E-state index contributed by atoms with van der Waals surface area (Å²) in [5.41, 5.74) is 1.57. The molecule has 26 heavy (non-hydrogen) atoms. The molecule has 6 nitrogen and oxygen atoms in total. The van der Waals surface area contributed by atoms with E-state index in [9.17, 15) is 9.59 Å². The lowest BCUT2D eigenvalue weighted by Gasteiger charge is -2.17. The first kappa shape index (κ1) is 17.8. The van der Waals surface area contributed by atoms with E-state index >= 15 is 0 Å². The van der Waals surface area contributed by atoms with Crippen LogP contribution in [0, 0.1) is 6.92 Å². The molecule has 0 fully saturated rings. The fraction of sp³-hybridized carbons (Fsp3) is 0.158. The zero-order chi connectivity index (χ0) is 18.7. The first-order chi connectivity index (χ1) is 12.5. The van der Waals surface area contributed by atoms with Gasteiger partial charge in [-0.25, -0.2) is 4.79 Å². The fourth-order valence-corrected chi connectivity index (χ4v) is 2.74. The zero-order valence-corrected chi connectivity index (χ0v) is 15.1. The molecule has 0 bridgehead atoms. The summed E-state index contributed by atoms with van der Waals surface area (Å²) in [4.78, 5) is 27.2. The normalized spacial score (nSPS) is 11.8. The van der Waals surface area contributed by atoms with Crippen LogP contribution in [0.25, 0.3) is 5.69 Å². The van der Waals surface area contributed by atoms with E-state index in [1.54, 1.807) is 68.6 Å². The molecule has 3 aromatic rings. The summed E-state index contributed by atoms with van der Waals surface area (Å²) in [6.45, 7) is 3.45. The van der Waals surface area contributed by atoms with E-state index in [0.717, 1.165) is 5.69 Å². The Morgan fingerprint density at radius 1 is 1.23 bits per heavy atom. The molecule has 7 heteroatoms. The molecule has 3 rings (SSSR count). The Kier molecular flexibility index (Phi) is 5.14. The number of amides is 1. The van der Waals surface area contributed by atoms with Crippen LogP contribution in [-0.4, -0.2) is 21.6 Å². The number of carbonyl (C=O) groups excluding carboxylic acids is 1. The molecule has 2 aromatic carbocycles. The average molecular weight is 372 g/mol. The Labute approximate surface area is 155 Å². The van der Waals surface area contributed by atoms with Crippen LogP contribution in [0.4, 0.5) is 5.69 Å². The van der Waals surface area contributed by atoms with Crippen LogP contribution in [-0.2, 0) is 4.79 Å². The van der Waals surface area contributed by atoms with Crippen LogP contribution in [0.3, 0.4) is 0 Å². The number of rotatable bonds is 5. The van der Waals surface area contributed by atoms with E-state index in [2.05, 4.69) is 10.3 Å². The fourth-order valence-electron chi connectivity index (χ4n) is 2.56. The predicted molar refractivity (Wildman–Crippen MR) is 101 cm³/mol. The number of nitrogens with zero attached hydrogens (tertiary/aromatic N) is 1. The zero-order valence-electron chi connectivity index (χ0n) is 14.3. The number of hydrogen-bond donors (Lipinski definition) is 2. The summed E-state index contributed by atoms with van der Waals surface area (Å²) >= 11 is 5.93. The van der Waals surface area contributed by atoms with E-state index in [0.29, 0.717) is 22.1 Å². The molecule has 134 valence electrons. The SMILES string of the molecule is Cc1c[nH]c(=O)n1-c1ccccc1NC(=O)C(C)Oc1cccc(Cl)c1. The number of aryl methyl sites for hydroxylation is 1. The highest BCUT2D eigenvalue weighted by molar-refractivity contribution is 6.30. The second-order valence-electron chi connectivity index (χ2n) is 5.79. The molecule has 1 aromatic heterocycles. The van der Waals surface area contributed by atoms with Crippen LogP contribution in [0.15, 0.2) is 59.5 Å². The van der Waals surface area contributed by atoms with Gasteiger partial charge in [0.15, 0.2) is 6.10 Å². The van der Waals surface area contributed by atoms with Crippen molar-refractivity contribution >= 4 is 23.2 Å². The molecular weight excluding hydrogens is 354 g/mol. The van der Waals surface area contributed by atoms with Gasteiger partial charge >= 0.3 is 5.69 Å². The Morgan fingerprint density at radius 2 is 2.00 bits per heavy atom. The number of halogens is 1. The highest BCUT2D eigenvalue weighted by Crippen LogP contribution is 2.22. The number of aromatic nitrogens is 2. The number of anilines is 1. The maximum atomic E-state index is 12.5. The van der Waals surface area contributed by atoms with Gasteiger partial charge in [0, 0.05) is 16.9 Å². The molecule has 1 atom stereocenters. The Hall–Kier alpha value is -2.99. The second-order valence-corrected chi connectivity index (χ2v) is 6.23. The van der Waals surface area contributed by atoms with Gasteiger partial charge in [0.1, 0.15) is 5.75 Å². The molecule has 0 aliphatic rings. The van der Waals surface area contributed by atoms with Crippen molar-refractivity contribution in [1.29, 1.82) is 0 Å². The standard InChI is InChI=1S/C19H18ClN3O3/c1-12-11-21-19(25)23(12)17-9-4-3-8-16(17)22-18(24)13(2)26-15-7-5-6-14(20)10-15/h3-11,13H,1-2H3,(H,21,25)(H,22,24). The summed E-state index contributed by atoms with van der Waals surface area (Å²) in [6.07, 6.45) is 0.872. The van der Waals surface area contributed by atoms with Gasteiger partial charge in [-0.05, 0) is 44.2 Å². The third-order valence-corrected chi connectivity index (χ3v) is 4.08. The largest absolute Gasteiger partial charge is 0.481 e. The van der Waals surface area contributed by atoms with Gasteiger partial charge in [0.25, 0.3) is 5.91 Å². The maximum absolute atomic E-state index is 12.5. The number of nitrogens with one attached hydrogen (secondary N) is 2. The van der Waals surface area contributed by atoms with Gasteiger partial charge in [-0.3, -0.25) is 9.36 Å². The van der Waals surface area contributed by atoms with Gasteiger partial charge in [-0.2, -0.15) is 0 Å². The number of carbonyl (C=O) groups is 1. The third kappa shape index (κ3) is 3.81. The van der Waals surface area contributed by atoms with E-state index in [4.69, 9.17) is 16.3 Å². The van der Waals surface area contributed by atoms with Crippen LogP contribution in [0.5, 0.6) is 5.75 Å². The molecule has 1 unspecified atom stereocenters. The summed E-state index contributed by atoms with van der Waals surface area (Å²) in [7, 11) is 0. The summed E-state index contributed by atoms with van der Waals surface area (Å²) < 4.78 is 7.13. The van der Waals surface area contributed by atoms with E-state index in [-0.39, 0.29) is 11.6 Å². The quantitative estimate of drug-likeness (QED) is 0.720. The molecule has 0 aliphatic heterocycles. The predicted octanol–water partition coefficient (Wildman–Crippen LogP) is 3.53. The number of hydrogen-bond acceptors (Lipinski definition) is 3. The number of ether oxygens (including phenoxy) is 1. The monoisotopic (exact) mass is 371 g/mol. The summed E-state index contributed by atoms with van der Waals surface area (Å²) in [6, 6.07) is 13.9. The molecule has 0 radical (unpaired) electrons. The van der Waals surface area contributed by atoms with Crippen molar-refractivity contribution in [2.75, 3.05) is 5.32 Å². The van der Waals surface area contributed by atoms with Gasteiger partial charge in [-0.1, -0.05) is 29.8 Å². The van der Waals surface area contributed by atoms with Crippen LogP contribution in [0.1, 0.15) is 12.6 Å². The minimum atomic E-state index is -0.745. The smallest absolute Gasteiger partial charge is 0.330 e. The van der Waals surface area contributed by atoms with Crippen molar-refractivity contribution in [2.45, 2.75) is 20.0 Å². The number of imidazole rings is 1. The molecule has 0 saturated carbocycles. The number of aromatic amines is 1. The first-order valence-corrected chi connectivity index (χ1v) is 8.43. The minimum Gasteiger partial charge on any atom is -0.481 e. The Bertz CT molecular complexity index is 993. The molecular formula is C19H18ClN3O3. The van der Waals surface area contributed by atoms with Gasteiger partial charge in [0.05, 0.1) is 11.4 Å². The van der Waals surface area contributed by atoms with Crippen molar-refractivity contribution in [3.05, 3.63) is 75.9 Å². The number of benzene rings is 2. The molecule has 2 N–H and O–H groups in total. The highest BCUT2D eigenvalue weighted by atomic mass is 35.5. The Balaban J connectivity index is 1.81. The van der Waals surface area contributed by atoms with Crippen molar-refractivity contribution in [2.24, 2.45) is 0 Å². The Morgan fingerprint density at radius 3 is 2.69 bits per heavy atom. The first-order valence-electron chi connectivity index (χ1n) is 8.05. The maximum Gasteiger partial charge on any atom is 0.330 e.